The van der Waals surface area contributed by atoms with Crippen LogP contribution in [0.3, 0.4) is 0 Å². The number of hydrogen-bond donors (Lipinski definition) is 0. The van der Waals surface area contributed by atoms with Crippen molar-refractivity contribution in [2.75, 3.05) is 0 Å². The maximum Gasteiger partial charge on any atom is 3.00 e. The van der Waals surface area contributed by atoms with E-state index in [0.717, 1.165) is 17.5 Å². The molecule has 0 saturated heterocycles. The first-order chi connectivity index (χ1) is 14.3. The van der Waals surface area contributed by atoms with Crippen molar-refractivity contribution in [1.29, 1.82) is 0 Å². The number of unbranched alkanes of at least 4 members (excludes halogenated alkanes) is 1. The Morgan fingerprint density at radius 3 is 1.71 bits per heavy atom. The Kier molecular flexibility index (Phi) is 22.1. The van der Waals surface area contributed by atoms with E-state index in [2.05, 4.69) is 53.3 Å². The van der Waals surface area contributed by atoms with Gasteiger partial charge in [0.1, 0.15) is 8.83 Å². The SMILES string of the molecule is CCCC[Si](C)C(C)(C)[SiH2]Cl.[C-]1=CC=CC1.[CH2-]c1ccccc1.[CH2-]c1ccccc1.[Zr+3]. The molecule has 4 heteroatoms. The number of benzene rings is 2. The van der Waals surface area contributed by atoms with Crippen LogP contribution in [0.2, 0.25) is 17.3 Å². The maximum atomic E-state index is 6.03. The predicted octanol–water partition coefficient (Wildman–Crippen LogP) is 8.01. The van der Waals surface area contributed by atoms with E-state index >= 15 is 0 Å². The van der Waals surface area contributed by atoms with Gasteiger partial charge in [-0.2, -0.15) is 66.4 Å². The van der Waals surface area contributed by atoms with E-state index < -0.39 is 0 Å². The minimum absolute atomic E-state index is 0. The van der Waals surface area contributed by atoms with Crippen LogP contribution in [0.4, 0.5) is 0 Å². The summed E-state index contributed by atoms with van der Waals surface area (Å²) >= 11 is 6.03. The van der Waals surface area contributed by atoms with Crippen molar-refractivity contribution in [3.8, 4) is 0 Å². The van der Waals surface area contributed by atoms with Gasteiger partial charge in [-0.1, -0.05) is 58.3 Å². The second kappa shape index (κ2) is 21.1. The standard InChI is InChI=1S/C8H20ClSi2.2C7H7.C5H5.Zr/c1-5-6-7-11(4)8(2,3)10-9;2*1-7-5-3-2-4-6-7;1-2-4-5-3-1;/h5-7,10H2,1-4H3;2*2-6H,1H2;1-3H,4H2;/q;3*-1;+3. The van der Waals surface area contributed by atoms with E-state index in [-0.39, 0.29) is 43.8 Å². The zero-order valence-electron chi connectivity index (χ0n) is 19.8. The summed E-state index contributed by atoms with van der Waals surface area (Å²) in [6, 6.07) is 21.2. The molecule has 0 amide bonds. The number of rotatable bonds is 5. The number of hydrogen-bond acceptors (Lipinski definition) is 0. The van der Waals surface area contributed by atoms with Crippen molar-refractivity contribution in [2.45, 2.75) is 57.3 Å². The average Bonchev–Trinajstić information content (AvgIpc) is 3.34. The Bertz CT molecular complexity index is 637. The third-order valence-corrected chi connectivity index (χ3v) is 13.8. The Hall–Kier alpha value is -0.733. The minimum Gasteiger partial charge on any atom is -0.273 e. The van der Waals surface area contributed by atoms with Gasteiger partial charge in [-0.05, 0) is 4.66 Å². The molecule has 0 aromatic heterocycles. The number of halogens is 1. The first-order valence-electron chi connectivity index (χ1n) is 10.7. The molecule has 0 aliphatic heterocycles. The van der Waals surface area contributed by atoms with Gasteiger partial charge in [0.05, 0.1) is 0 Å². The third kappa shape index (κ3) is 19.7. The third-order valence-electron chi connectivity index (χ3n) is 4.67. The van der Waals surface area contributed by atoms with E-state index in [1.807, 2.05) is 72.8 Å². The van der Waals surface area contributed by atoms with Gasteiger partial charge in [-0.25, -0.2) is 12.2 Å². The van der Waals surface area contributed by atoms with Gasteiger partial charge < -0.3 is 0 Å². The van der Waals surface area contributed by atoms with Gasteiger partial charge in [0.15, 0.2) is 0 Å². The zero-order valence-corrected chi connectivity index (χ0v) is 25.5. The van der Waals surface area contributed by atoms with Gasteiger partial charge in [-0.3, -0.25) is 6.08 Å². The quantitative estimate of drug-likeness (QED) is 0.203. The zero-order chi connectivity index (χ0) is 22.7. The molecule has 166 valence electrons. The van der Waals surface area contributed by atoms with Gasteiger partial charge in [0.2, 0.25) is 0 Å². The van der Waals surface area contributed by atoms with Crippen LogP contribution < -0.4 is 0 Å². The summed E-state index contributed by atoms with van der Waals surface area (Å²) in [6.45, 7) is 16.9. The molecule has 0 spiro atoms. The number of allylic oxidation sites excluding steroid dienone is 4. The van der Waals surface area contributed by atoms with Crippen LogP contribution >= 0.6 is 11.1 Å². The fourth-order valence-electron chi connectivity index (χ4n) is 2.19. The van der Waals surface area contributed by atoms with E-state index in [1.54, 1.807) is 0 Å². The van der Waals surface area contributed by atoms with Crippen LogP contribution in [-0.4, -0.2) is 17.6 Å². The van der Waals surface area contributed by atoms with E-state index in [9.17, 15) is 0 Å². The van der Waals surface area contributed by atoms with Crippen LogP contribution in [0.15, 0.2) is 78.9 Å². The van der Waals surface area contributed by atoms with E-state index in [0.29, 0.717) is 4.66 Å². The molecule has 0 saturated carbocycles. The van der Waals surface area contributed by atoms with E-state index in [4.69, 9.17) is 11.1 Å². The largest absolute Gasteiger partial charge is 3.00 e. The molecule has 1 aliphatic rings. The van der Waals surface area contributed by atoms with Crippen LogP contribution in [-0.2, 0) is 26.2 Å². The molecule has 0 atom stereocenters. The summed E-state index contributed by atoms with van der Waals surface area (Å²) < 4.78 is 0.557. The molecule has 0 N–H and O–H groups in total. The van der Waals surface area contributed by atoms with Gasteiger partial charge in [0, 0.05) is 8.80 Å². The molecular formula is C27H39ClSi2Zr. The first kappa shape index (κ1) is 32.4. The van der Waals surface area contributed by atoms with Crippen LogP contribution in [0.5, 0.6) is 0 Å². The van der Waals surface area contributed by atoms with Crippen LogP contribution in [0.1, 0.15) is 51.2 Å². The topological polar surface area (TPSA) is 0 Å². The monoisotopic (exact) mass is 544 g/mol. The van der Waals surface area contributed by atoms with Crippen molar-refractivity contribution >= 4 is 28.7 Å². The fourth-order valence-corrected chi connectivity index (χ4v) is 7.25. The molecule has 0 bridgehead atoms. The van der Waals surface area contributed by atoms with Crippen molar-refractivity contribution in [2.24, 2.45) is 0 Å². The van der Waals surface area contributed by atoms with Crippen LogP contribution in [0.25, 0.3) is 0 Å². The van der Waals surface area contributed by atoms with Crippen molar-refractivity contribution < 1.29 is 26.2 Å². The van der Waals surface area contributed by atoms with Crippen molar-refractivity contribution in [3.05, 3.63) is 110 Å². The molecule has 0 nitrogen and oxygen atoms in total. The van der Waals surface area contributed by atoms with Crippen molar-refractivity contribution in [3.63, 3.8) is 0 Å². The Balaban J connectivity index is 0. The van der Waals surface area contributed by atoms with Gasteiger partial charge in [-0.15, -0.1) is 30.7 Å². The summed E-state index contributed by atoms with van der Waals surface area (Å²) in [5.41, 5.74) is 2.14. The minimum atomic E-state index is -0.316. The molecule has 0 heterocycles. The predicted molar refractivity (Wildman–Crippen MR) is 143 cm³/mol. The molecular weight excluding hydrogens is 507 g/mol. The molecule has 31 heavy (non-hydrogen) atoms. The Morgan fingerprint density at radius 2 is 1.48 bits per heavy atom. The second-order valence-corrected chi connectivity index (χ2v) is 14.8. The molecule has 2 aromatic carbocycles. The summed E-state index contributed by atoms with van der Waals surface area (Å²) in [6.07, 6.45) is 12.7. The molecule has 2 aromatic rings. The first-order valence-corrected chi connectivity index (χ1v) is 15.7. The van der Waals surface area contributed by atoms with Gasteiger partial charge in [0.25, 0.3) is 0 Å². The fraction of sp³-hybridized carbons (Fsp3) is 0.333. The normalized spacial score (nSPS) is 11.5. The molecule has 0 unspecified atom stereocenters. The summed E-state index contributed by atoms with van der Waals surface area (Å²) in [4.78, 5) is 0. The Labute approximate surface area is 220 Å². The summed E-state index contributed by atoms with van der Waals surface area (Å²) in [7, 11) is -0.466. The smallest absolute Gasteiger partial charge is 0.273 e. The average molecular weight is 546 g/mol. The molecule has 2 radical (unpaired) electrons. The summed E-state index contributed by atoms with van der Waals surface area (Å²) in [5, 5.41) is 0. The van der Waals surface area contributed by atoms with E-state index in [1.165, 1.54) is 18.9 Å². The van der Waals surface area contributed by atoms with Crippen molar-refractivity contribution in [1.82, 2.24) is 0 Å². The Morgan fingerprint density at radius 1 is 1.00 bits per heavy atom. The molecule has 0 fully saturated rings. The van der Waals surface area contributed by atoms with Crippen LogP contribution in [0, 0.1) is 19.9 Å². The molecule has 3 rings (SSSR count). The summed E-state index contributed by atoms with van der Waals surface area (Å²) in [5.74, 6) is 0. The maximum absolute atomic E-state index is 6.03. The molecule has 1 aliphatic carbocycles. The van der Waals surface area contributed by atoms with Gasteiger partial charge >= 0.3 is 26.2 Å². The second-order valence-electron chi connectivity index (χ2n) is 7.88.